The molecule has 152 valence electrons. The molecule has 9 heteroatoms. The molecule has 1 aromatic heterocycles. The van der Waals surface area contributed by atoms with Crippen LogP contribution in [0.25, 0.3) is 5.69 Å². The van der Waals surface area contributed by atoms with E-state index in [1.54, 1.807) is 37.1 Å². The van der Waals surface area contributed by atoms with Crippen molar-refractivity contribution in [1.82, 2.24) is 20.0 Å². The van der Waals surface area contributed by atoms with Gasteiger partial charge in [-0.15, -0.1) is 0 Å². The van der Waals surface area contributed by atoms with Crippen LogP contribution in [-0.2, 0) is 0 Å². The number of hydrogen-bond donors (Lipinski definition) is 1. The van der Waals surface area contributed by atoms with E-state index >= 15 is 0 Å². The van der Waals surface area contributed by atoms with Gasteiger partial charge in [0.1, 0.15) is 5.69 Å². The quantitative estimate of drug-likeness (QED) is 0.622. The fraction of sp³-hybridized carbons (Fsp3) is 0.450. The van der Waals surface area contributed by atoms with Crippen LogP contribution in [0.1, 0.15) is 41.9 Å². The van der Waals surface area contributed by atoms with Crippen molar-refractivity contribution < 1.29 is 9.72 Å². The minimum Gasteiger partial charge on any atom is -0.337 e. The highest BCUT2D eigenvalue weighted by Gasteiger charge is 2.37. The van der Waals surface area contributed by atoms with Crippen molar-refractivity contribution in [3.05, 3.63) is 62.1 Å². The van der Waals surface area contributed by atoms with Gasteiger partial charge in [-0.3, -0.25) is 19.7 Å². The number of fused-ring (bicyclic) bond motifs is 2. The van der Waals surface area contributed by atoms with Gasteiger partial charge in [-0.25, -0.2) is 4.68 Å². The van der Waals surface area contributed by atoms with Crippen molar-refractivity contribution in [2.75, 3.05) is 7.05 Å². The van der Waals surface area contributed by atoms with Gasteiger partial charge in [0.05, 0.1) is 4.92 Å². The van der Waals surface area contributed by atoms with Gasteiger partial charge in [0.25, 0.3) is 11.6 Å². The van der Waals surface area contributed by atoms with Crippen LogP contribution in [-0.4, -0.2) is 50.7 Å². The number of piperidine rings is 1. The minimum atomic E-state index is -0.507. The highest BCUT2D eigenvalue weighted by Crippen LogP contribution is 2.29. The Bertz CT molecular complexity index is 1020. The molecule has 1 N–H and O–H groups in total. The number of rotatable bonds is 4. The molecular formula is C20H23N5O4. The van der Waals surface area contributed by atoms with E-state index in [1.807, 2.05) is 0 Å². The number of carbonyl (C=O) groups is 1. The molecule has 4 rings (SSSR count). The number of aromatic nitrogens is 2. The molecule has 2 aliphatic heterocycles. The van der Waals surface area contributed by atoms with Gasteiger partial charge < -0.3 is 10.2 Å². The molecule has 2 fully saturated rings. The van der Waals surface area contributed by atoms with E-state index in [4.69, 9.17) is 0 Å². The molecule has 0 radical (unpaired) electrons. The lowest BCUT2D eigenvalue weighted by atomic mass is 9.98. The van der Waals surface area contributed by atoms with Gasteiger partial charge in [0.2, 0.25) is 5.43 Å². The molecule has 2 atom stereocenters. The number of nitrogens with one attached hydrogen (secondary N) is 1. The smallest absolute Gasteiger partial charge is 0.294 e. The fourth-order valence-corrected chi connectivity index (χ4v) is 4.41. The standard InChI is InChI=1S/C20H23N5O4/c1-12-9-18(26)19(22-24(12)16-5-3-4-6-17(16)25(28)29)20(27)23(2)15-10-13-7-8-14(11-15)21-13/h3-6,9,13-15,21H,7-8,10-11H2,1-2H3. The first kappa shape index (κ1) is 19.3. The van der Waals surface area contributed by atoms with E-state index in [0.29, 0.717) is 17.8 Å². The van der Waals surface area contributed by atoms with Crippen LogP contribution < -0.4 is 10.7 Å². The maximum atomic E-state index is 13.1. The SMILES string of the molecule is Cc1cc(=O)c(C(=O)N(C)C2CC3CCC(C2)N3)nn1-c1ccccc1[N+](=O)[O-]. The predicted molar refractivity (Wildman–Crippen MR) is 106 cm³/mol. The van der Waals surface area contributed by atoms with Crippen molar-refractivity contribution >= 4 is 11.6 Å². The number of nitro groups is 1. The van der Waals surface area contributed by atoms with Crippen LogP contribution in [0.3, 0.4) is 0 Å². The van der Waals surface area contributed by atoms with E-state index in [0.717, 1.165) is 25.7 Å². The largest absolute Gasteiger partial charge is 0.337 e. The third kappa shape index (κ3) is 3.53. The number of benzene rings is 1. The van der Waals surface area contributed by atoms with Gasteiger partial charge in [-0.1, -0.05) is 12.1 Å². The van der Waals surface area contributed by atoms with Gasteiger partial charge in [0, 0.05) is 43.0 Å². The summed E-state index contributed by atoms with van der Waals surface area (Å²) in [5.74, 6) is -0.450. The number of nitrogens with zero attached hydrogens (tertiary/aromatic N) is 4. The lowest BCUT2D eigenvalue weighted by Gasteiger charge is -2.35. The average Bonchev–Trinajstić information content (AvgIpc) is 3.04. The number of carbonyl (C=O) groups excluding carboxylic acids is 1. The van der Waals surface area contributed by atoms with Gasteiger partial charge >= 0.3 is 0 Å². The maximum Gasteiger partial charge on any atom is 0.294 e. The molecule has 2 bridgehead atoms. The molecule has 3 heterocycles. The first-order chi connectivity index (χ1) is 13.8. The Morgan fingerprint density at radius 1 is 1.28 bits per heavy atom. The van der Waals surface area contributed by atoms with Crippen molar-refractivity contribution in [2.45, 2.75) is 50.7 Å². The highest BCUT2D eigenvalue weighted by molar-refractivity contribution is 5.92. The summed E-state index contributed by atoms with van der Waals surface area (Å²) in [5, 5.41) is 19.2. The second-order valence-electron chi connectivity index (χ2n) is 7.84. The zero-order valence-electron chi connectivity index (χ0n) is 16.4. The zero-order chi connectivity index (χ0) is 20.7. The topological polar surface area (TPSA) is 110 Å². The minimum absolute atomic E-state index is 0.0447. The third-order valence-corrected chi connectivity index (χ3v) is 5.93. The average molecular weight is 397 g/mol. The number of hydrogen-bond acceptors (Lipinski definition) is 6. The van der Waals surface area contributed by atoms with Gasteiger partial charge in [-0.2, -0.15) is 5.10 Å². The van der Waals surface area contributed by atoms with E-state index < -0.39 is 16.3 Å². The third-order valence-electron chi connectivity index (χ3n) is 5.93. The summed E-state index contributed by atoms with van der Waals surface area (Å²) in [7, 11) is 1.70. The van der Waals surface area contributed by atoms with E-state index in [1.165, 1.54) is 16.8 Å². The molecule has 2 aliphatic rings. The summed E-state index contributed by atoms with van der Waals surface area (Å²) in [6, 6.07) is 8.29. The molecular weight excluding hydrogens is 374 g/mol. The summed E-state index contributed by atoms with van der Waals surface area (Å²) in [4.78, 5) is 38.1. The van der Waals surface area contributed by atoms with Crippen LogP contribution in [0.15, 0.2) is 35.1 Å². The summed E-state index contributed by atoms with van der Waals surface area (Å²) >= 11 is 0. The van der Waals surface area contributed by atoms with E-state index in [9.17, 15) is 19.7 Å². The summed E-state index contributed by atoms with van der Waals surface area (Å²) in [6.07, 6.45) is 3.92. The normalized spacial score (nSPS) is 23.0. The number of nitro benzene ring substituents is 1. The molecule has 9 nitrogen and oxygen atoms in total. The lowest BCUT2D eigenvalue weighted by molar-refractivity contribution is -0.384. The molecule has 29 heavy (non-hydrogen) atoms. The number of aryl methyl sites for hydroxylation is 1. The Balaban J connectivity index is 1.70. The van der Waals surface area contributed by atoms with Crippen LogP contribution in [0, 0.1) is 17.0 Å². The molecule has 2 aromatic rings. The van der Waals surface area contributed by atoms with Crippen LogP contribution in [0.5, 0.6) is 0 Å². The van der Waals surface area contributed by atoms with Crippen molar-refractivity contribution in [1.29, 1.82) is 0 Å². The molecule has 0 spiro atoms. The number of para-hydroxylation sites is 2. The Morgan fingerprint density at radius 3 is 2.59 bits per heavy atom. The first-order valence-corrected chi connectivity index (χ1v) is 9.73. The maximum absolute atomic E-state index is 13.1. The van der Waals surface area contributed by atoms with E-state index in [-0.39, 0.29) is 23.1 Å². The fourth-order valence-electron chi connectivity index (χ4n) is 4.41. The Morgan fingerprint density at radius 2 is 1.93 bits per heavy atom. The van der Waals surface area contributed by atoms with Crippen molar-refractivity contribution in [3.63, 3.8) is 0 Å². The second kappa shape index (κ2) is 7.40. The Labute approximate surface area is 167 Å². The van der Waals surface area contributed by atoms with Crippen LogP contribution >= 0.6 is 0 Å². The summed E-state index contributed by atoms with van der Waals surface area (Å²) in [5.41, 5.74) is -0.211. The molecule has 2 unspecified atom stereocenters. The van der Waals surface area contributed by atoms with Gasteiger partial charge in [0.15, 0.2) is 5.69 Å². The lowest BCUT2D eigenvalue weighted by Crippen LogP contribution is -2.49. The van der Waals surface area contributed by atoms with Crippen molar-refractivity contribution in [2.24, 2.45) is 0 Å². The highest BCUT2D eigenvalue weighted by atomic mass is 16.6. The van der Waals surface area contributed by atoms with Crippen LogP contribution in [0.2, 0.25) is 0 Å². The number of amides is 1. The van der Waals surface area contributed by atoms with Crippen molar-refractivity contribution in [3.8, 4) is 5.69 Å². The zero-order valence-corrected chi connectivity index (χ0v) is 16.4. The molecule has 0 aliphatic carbocycles. The molecule has 0 saturated carbocycles. The summed E-state index contributed by atoms with van der Waals surface area (Å²) < 4.78 is 1.30. The second-order valence-corrected chi connectivity index (χ2v) is 7.84. The Kier molecular flexibility index (Phi) is 4.91. The Hall–Kier alpha value is -3.07. The molecule has 2 saturated heterocycles. The summed E-state index contributed by atoms with van der Waals surface area (Å²) in [6.45, 7) is 1.63. The first-order valence-electron chi connectivity index (χ1n) is 9.73. The van der Waals surface area contributed by atoms with E-state index in [2.05, 4.69) is 10.4 Å². The monoisotopic (exact) mass is 397 g/mol. The predicted octanol–water partition coefficient (Wildman–Crippen LogP) is 1.80. The molecule has 1 aromatic carbocycles. The van der Waals surface area contributed by atoms with Gasteiger partial charge in [-0.05, 0) is 38.7 Å². The van der Waals surface area contributed by atoms with Crippen LogP contribution in [0.4, 0.5) is 5.69 Å². The molecule has 1 amide bonds.